The number of benzene rings is 5. The molecule has 0 bridgehead atoms. The molecule has 6 N–H and O–H groups in total. The normalized spacial score (nSPS) is 19.0. The molecule has 9 rings (SSSR count). The van der Waals surface area contributed by atoms with Gasteiger partial charge in [-0.1, -0.05) is 114 Å². The fraction of sp³-hybridized carbons (Fsp3) is 0.397. The highest BCUT2D eigenvalue weighted by atomic mass is 32.1. The van der Waals surface area contributed by atoms with E-state index in [0.717, 1.165) is 54.1 Å². The molecule has 2 saturated heterocycles. The largest absolute Gasteiger partial charge is 0.352 e. The average molecular weight is 1130 g/mol. The van der Waals surface area contributed by atoms with Crippen molar-refractivity contribution in [3.8, 4) is 22.5 Å². The van der Waals surface area contributed by atoms with Crippen LogP contribution in [0.3, 0.4) is 0 Å². The summed E-state index contributed by atoms with van der Waals surface area (Å²) in [5.41, 5.74) is 2.94. The molecule has 2 fully saturated rings. The Hall–Kier alpha value is -7.38. The van der Waals surface area contributed by atoms with Gasteiger partial charge in [0, 0.05) is 58.7 Å². The number of aromatic nitrogens is 2. The van der Waals surface area contributed by atoms with E-state index in [0.29, 0.717) is 30.5 Å². The number of nitrogens with one attached hydrogen (secondary N) is 6. The first kappa shape index (κ1) is 58.3. The third-order valence-electron chi connectivity index (χ3n) is 15.7. The van der Waals surface area contributed by atoms with Crippen molar-refractivity contribution >= 4 is 79.7 Å². The number of rotatable bonds is 17. The van der Waals surface area contributed by atoms with Gasteiger partial charge >= 0.3 is 0 Å². The van der Waals surface area contributed by atoms with E-state index in [1.165, 1.54) is 22.7 Å². The SMILES string of the molecule is CN[C@@H](C)C(=O)NC(C(=O)N1C[C@@H](CNC(=O)c2ccc(C(=O)N[C@H]3C[C@@H](c4nc(-c5ccc6ccccc6c5)cs4)N(C(=O)[C@@H](NC(=O)[C@H](C)NC)C(C)(C)C)C3)cc2)C[C@H]1c1nc(-c2ccc3ccccc3c2)cs1)C(C)(C)C. The summed E-state index contributed by atoms with van der Waals surface area (Å²) in [6, 6.07) is 31.1. The van der Waals surface area contributed by atoms with Gasteiger partial charge in [-0.3, -0.25) is 28.8 Å². The minimum Gasteiger partial charge on any atom is -0.352 e. The Kier molecular flexibility index (Phi) is 17.5. The molecular weight excluding hydrogens is 1060 g/mol. The van der Waals surface area contributed by atoms with Crippen LogP contribution in [-0.4, -0.2) is 119 Å². The van der Waals surface area contributed by atoms with E-state index in [-0.39, 0.29) is 54.5 Å². The van der Waals surface area contributed by atoms with Gasteiger partial charge < -0.3 is 41.7 Å². The Morgan fingerprint density at radius 3 is 1.46 bits per heavy atom. The molecule has 0 spiro atoms. The molecule has 18 heteroatoms. The zero-order chi connectivity index (χ0) is 57.9. The second-order valence-electron chi connectivity index (χ2n) is 23.7. The second-order valence-corrected chi connectivity index (χ2v) is 25.5. The Morgan fingerprint density at radius 1 is 0.568 bits per heavy atom. The molecule has 2 aliphatic rings. The van der Waals surface area contributed by atoms with Gasteiger partial charge in [-0.15, -0.1) is 22.7 Å². The Labute approximate surface area is 482 Å². The summed E-state index contributed by atoms with van der Waals surface area (Å²) < 4.78 is 0. The predicted molar refractivity (Wildman–Crippen MR) is 322 cm³/mol. The minimum atomic E-state index is -0.868. The van der Waals surface area contributed by atoms with Crippen molar-refractivity contribution in [2.75, 3.05) is 33.7 Å². The molecule has 16 nitrogen and oxygen atoms in total. The first-order valence-corrected chi connectivity index (χ1v) is 29.5. The molecule has 7 aromatic rings. The van der Waals surface area contributed by atoms with Gasteiger partial charge in [-0.2, -0.15) is 0 Å². The topological polar surface area (TPSA) is 207 Å². The standard InChI is InChI=1S/C63H74N10O6S2/c1-36(64-9)54(74)70-52(62(3,4)5)60(78)72-32-38(27-50(72)58-68-48(34-80-58)45-25-19-39-15-11-13-17-43(39)28-45)31-66-56(76)41-21-23-42(24-22-41)57(77)67-47-30-51(73(33-47)61(79)53(63(6,7)8)71-55(75)37(2)65-10)59-69-49(35-81-59)46-26-20-40-16-12-14-18-44(40)29-46/h11-26,28-29,34-38,47,50-53,64-65H,27,30-33H2,1-10H3,(H,66,76)(H,67,77)(H,70,74)(H,71,75)/t36-,37-,38+,47-,50-,51-,52?,53+/m0/s1. The van der Waals surface area contributed by atoms with Crippen molar-refractivity contribution in [2.24, 2.45) is 16.7 Å². The van der Waals surface area contributed by atoms with Gasteiger partial charge in [0.15, 0.2) is 0 Å². The van der Waals surface area contributed by atoms with Gasteiger partial charge in [-0.05, 0) is 115 Å². The first-order chi connectivity index (χ1) is 38.6. The van der Waals surface area contributed by atoms with Gasteiger partial charge in [0.05, 0.1) is 35.6 Å². The predicted octanol–water partition coefficient (Wildman–Crippen LogP) is 8.91. The van der Waals surface area contributed by atoms with Crippen LogP contribution in [0, 0.1) is 16.7 Å². The fourth-order valence-corrected chi connectivity index (χ4v) is 12.5. The second kappa shape index (κ2) is 24.4. The van der Waals surface area contributed by atoms with Crippen molar-refractivity contribution in [3.63, 3.8) is 0 Å². The Bertz CT molecular complexity index is 3460. The lowest BCUT2D eigenvalue weighted by molar-refractivity contribution is -0.141. The van der Waals surface area contributed by atoms with Crippen LogP contribution in [-0.2, 0) is 19.2 Å². The van der Waals surface area contributed by atoms with Crippen molar-refractivity contribution in [1.29, 1.82) is 0 Å². The number of amides is 6. The third kappa shape index (κ3) is 13.2. The van der Waals surface area contributed by atoms with E-state index < -0.39 is 53.1 Å². The molecule has 2 aliphatic heterocycles. The van der Waals surface area contributed by atoms with Crippen LogP contribution in [0.5, 0.6) is 0 Å². The number of thiazole rings is 2. The maximum Gasteiger partial charge on any atom is 0.251 e. The smallest absolute Gasteiger partial charge is 0.251 e. The number of hydrogen-bond donors (Lipinski definition) is 6. The molecule has 5 aromatic carbocycles. The molecule has 424 valence electrons. The summed E-state index contributed by atoms with van der Waals surface area (Å²) in [4.78, 5) is 97.9. The van der Waals surface area contributed by atoms with Gasteiger partial charge in [-0.25, -0.2) is 9.97 Å². The van der Waals surface area contributed by atoms with E-state index in [4.69, 9.17) is 9.97 Å². The summed E-state index contributed by atoms with van der Waals surface area (Å²) in [6.45, 7) is 15.8. The van der Waals surface area contributed by atoms with Gasteiger partial charge in [0.25, 0.3) is 11.8 Å². The Morgan fingerprint density at radius 2 is 1.00 bits per heavy atom. The zero-order valence-corrected chi connectivity index (χ0v) is 49.4. The van der Waals surface area contributed by atoms with Gasteiger partial charge in [0.1, 0.15) is 22.1 Å². The third-order valence-corrected chi connectivity index (χ3v) is 17.6. The van der Waals surface area contributed by atoms with E-state index in [1.54, 1.807) is 57.1 Å². The number of carbonyl (C=O) groups is 6. The van der Waals surface area contributed by atoms with Crippen LogP contribution in [0.2, 0.25) is 0 Å². The lowest BCUT2D eigenvalue weighted by Crippen LogP contribution is -2.57. The average Bonchev–Trinajstić information content (AvgIpc) is 4.31. The number of nitrogens with zero attached hydrogens (tertiary/aromatic N) is 4. The lowest BCUT2D eigenvalue weighted by Gasteiger charge is -2.36. The molecule has 81 heavy (non-hydrogen) atoms. The number of likely N-dealkylation sites (tertiary alicyclic amines) is 2. The van der Waals surface area contributed by atoms with Gasteiger partial charge in [0.2, 0.25) is 23.6 Å². The molecular formula is C63H74N10O6S2. The molecule has 4 heterocycles. The monoisotopic (exact) mass is 1130 g/mol. The Balaban J connectivity index is 0.892. The summed E-state index contributed by atoms with van der Waals surface area (Å²) in [5, 5.41) is 28.2. The maximum absolute atomic E-state index is 14.8. The molecule has 2 aromatic heterocycles. The highest BCUT2D eigenvalue weighted by Crippen LogP contribution is 2.41. The molecule has 0 aliphatic carbocycles. The van der Waals surface area contributed by atoms with E-state index in [9.17, 15) is 28.8 Å². The van der Waals surface area contributed by atoms with Crippen LogP contribution in [0.1, 0.15) is 111 Å². The number of carbonyl (C=O) groups excluding carboxylic acids is 6. The van der Waals surface area contributed by atoms with Crippen LogP contribution in [0.4, 0.5) is 0 Å². The molecule has 6 amide bonds. The summed E-state index contributed by atoms with van der Waals surface area (Å²) in [5.74, 6) is -1.89. The quantitative estimate of drug-likeness (QED) is 0.0511. The zero-order valence-electron chi connectivity index (χ0n) is 47.8. The van der Waals surface area contributed by atoms with Crippen LogP contribution in [0.25, 0.3) is 44.1 Å². The first-order valence-electron chi connectivity index (χ1n) is 27.7. The molecule has 1 unspecified atom stereocenters. The summed E-state index contributed by atoms with van der Waals surface area (Å²) in [7, 11) is 3.39. The summed E-state index contributed by atoms with van der Waals surface area (Å²) in [6.07, 6.45) is 0.925. The molecule has 0 radical (unpaired) electrons. The lowest BCUT2D eigenvalue weighted by atomic mass is 9.85. The van der Waals surface area contributed by atoms with Crippen molar-refractivity contribution in [3.05, 3.63) is 141 Å². The van der Waals surface area contributed by atoms with Crippen molar-refractivity contribution in [2.45, 2.75) is 111 Å². The van der Waals surface area contributed by atoms with E-state index in [1.807, 2.05) is 87.5 Å². The number of hydrogen-bond acceptors (Lipinski definition) is 12. The van der Waals surface area contributed by atoms with Crippen LogP contribution >= 0.6 is 22.7 Å². The number of fused-ring (bicyclic) bond motifs is 2. The maximum atomic E-state index is 14.8. The minimum absolute atomic E-state index is 0.142. The highest BCUT2D eigenvalue weighted by Gasteiger charge is 2.46. The molecule has 0 saturated carbocycles. The van der Waals surface area contributed by atoms with Crippen molar-refractivity contribution < 1.29 is 28.8 Å². The van der Waals surface area contributed by atoms with E-state index in [2.05, 4.69) is 86.5 Å². The fourth-order valence-electron chi connectivity index (χ4n) is 10.6. The van der Waals surface area contributed by atoms with Crippen LogP contribution < -0.4 is 31.9 Å². The highest BCUT2D eigenvalue weighted by molar-refractivity contribution is 7.10. The van der Waals surface area contributed by atoms with Crippen molar-refractivity contribution in [1.82, 2.24) is 51.7 Å². The summed E-state index contributed by atoms with van der Waals surface area (Å²) >= 11 is 2.95. The van der Waals surface area contributed by atoms with Crippen LogP contribution in [0.15, 0.2) is 120 Å². The molecule has 8 atom stereocenters. The van der Waals surface area contributed by atoms with E-state index >= 15 is 0 Å². The number of likely N-dealkylation sites (N-methyl/N-ethyl adjacent to an activating group) is 2.